The first-order chi connectivity index (χ1) is 8.85. The van der Waals surface area contributed by atoms with Crippen LogP contribution in [-0.2, 0) is 0 Å². The number of unbranched alkanes of at least 4 members (excludes halogenated alkanes) is 6. The van der Waals surface area contributed by atoms with Crippen molar-refractivity contribution in [1.29, 1.82) is 0 Å². The molecule has 0 nitrogen and oxygen atoms in total. The molecule has 0 N–H and O–H groups in total. The third-order valence-corrected chi connectivity index (χ3v) is 3.32. The highest BCUT2D eigenvalue weighted by Gasteiger charge is 1.97. The average molecular weight is 248 g/mol. The summed E-state index contributed by atoms with van der Waals surface area (Å²) in [7, 11) is 0. The molecule has 0 aromatic rings. The lowest BCUT2D eigenvalue weighted by Gasteiger charge is -2.06. The van der Waals surface area contributed by atoms with E-state index in [2.05, 4.69) is 26.2 Å². The van der Waals surface area contributed by atoms with Crippen molar-refractivity contribution in [3.05, 3.63) is 37.0 Å². The zero-order chi connectivity index (χ0) is 13.5. The fourth-order valence-electron chi connectivity index (χ4n) is 2.13. The summed E-state index contributed by atoms with van der Waals surface area (Å²) in [4.78, 5) is 0. The molecule has 0 aromatic carbocycles. The highest BCUT2D eigenvalue weighted by Crippen LogP contribution is 2.17. The van der Waals surface area contributed by atoms with Crippen LogP contribution in [0, 0.1) is 0 Å². The van der Waals surface area contributed by atoms with Crippen molar-refractivity contribution in [3.63, 3.8) is 0 Å². The minimum absolute atomic E-state index is 1.13. The van der Waals surface area contributed by atoms with Crippen LogP contribution in [0.15, 0.2) is 37.0 Å². The van der Waals surface area contributed by atoms with Gasteiger partial charge in [0.15, 0.2) is 0 Å². The second kappa shape index (κ2) is 14.3. The molecule has 0 bridgehead atoms. The van der Waals surface area contributed by atoms with Crippen molar-refractivity contribution in [3.8, 4) is 0 Å². The van der Waals surface area contributed by atoms with E-state index in [9.17, 15) is 0 Å². The summed E-state index contributed by atoms with van der Waals surface area (Å²) < 4.78 is 0. The fraction of sp³-hybridized carbons (Fsp3) is 0.667. The maximum atomic E-state index is 3.82. The van der Waals surface area contributed by atoms with E-state index in [4.69, 9.17) is 0 Å². The molecule has 18 heavy (non-hydrogen) atoms. The SMILES string of the molecule is C=CCCCCC(=CCCCCCC)CCC=C. The molecule has 0 saturated carbocycles. The Labute approximate surface area is 115 Å². The van der Waals surface area contributed by atoms with Gasteiger partial charge in [0.2, 0.25) is 0 Å². The van der Waals surface area contributed by atoms with Crippen LogP contribution in [-0.4, -0.2) is 0 Å². The standard InChI is InChI=1S/C18H32/c1-4-7-10-12-14-17-18(15-9-6-3)16-13-11-8-5-2/h5-6,17H,2-4,7-16H2,1H3. The Morgan fingerprint density at radius 3 is 2.17 bits per heavy atom. The predicted molar refractivity (Wildman–Crippen MR) is 84.9 cm³/mol. The molecule has 0 radical (unpaired) electrons. The van der Waals surface area contributed by atoms with E-state index in [1.165, 1.54) is 57.8 Å². The number of hydrogen-bond donors (Lipinski definition) is 0. The molecule has 0 fully saturated rings. The van der Waals surface area contributed by atoms with Gasteiger partial charge in [0.05, 0.1) is 0 Å². The third kappa shape index (κ3) is 11.7. The minimum Gasteiger partial charge on any atom is -0.103 e. The molecule has 0 aliphatic heterocycles. The molecule has 0 unspecified atom stereocenters. The molecule has 0 rings (SSSR count). The van der Waals surface area contributed by atoms with Crippen molar-refractivity contribution >= 4 is 0 Å². The molecular formula is C18H32. The van der Waals surface area contributed by atoms with Crippen molar-refractivity contribution in [1.82, 2.24) is 0 Å². The lowest BCUT2D eigenvalue weighted by atomic mass is 10.0. The van der Waals surface area contributed by atoms with Crippen LogP contribution in [0.25, 0.3) is 0 Å². The van der Waals surface area contributed by atoms with Crippen LogP contribution >= 0.6 is 0 Å². The van der Waals surface area contributed by atoms with E-state index < -0.39 is 0 Å². The van der Waals surface area contributed by atoms with Crippen LogP contribution in [0.3, 0.4) is 0 Å². The topological polar surface area (TPSA) is 0 Å². The van der Waals surface area contributed by atoms with Crippen LogP contribution in [0.2, 0.25) is 0 Å². The number of allylic oxidation sites excluding steroid dienone is 4. The Kier molecular flexibility index (Phi) is 13.7. The molecule has 0 amide bonds. The smallest absolute Gasteiger partial charge is 0.0286 e. The van der Waals surface area contributed by atoms with Gasteiger partial charge in [-0.2, -0.15) is 0 Å². The average Bonchev–Trinajstić information content (AvgIpc) is 2.39. The minimum atomic E-state index is 1.13. The fourth-order valence-corrected chi connectivity index (χ4v) is 2.13. The maximum Gasteiger partial charge on any atom is -0.0286 e. The summed E-state index contributed by atoms with van der Waals surface area (Å²) in [6.07, 6.45) is 20.6. The van der Waals surface area contributed by atoms with E-state index in [1.807, 2.05) is 12.2 Å². The molecule has 0 heterocycles. The summed E-state index contributed by atoms with van der Waals surface area (Å²) >= 11 is 0. The third-order valence-electron chi connectivity index (χ3n) is 3.32. The van der Waals surface area contributed by atoms with Gasteiger partial charge in [-0.05, 0) is 51.4 Å². The normalized spacial score (nSPS) is 11.5. The molecule has 0 spiro atoms. The molecule has 0 aromatic heterocycles. The Morgan fingerprint density at radius 2 is 1.50 bits per heavy atom. The number of rotatable bonds is 13. The van der Waals surface area contributed by atoms with Gasteiger partial charge in [0.1, 0.15) is 0 Å². The first-order valence-electron chi connectivity index (χ1n) is 7.74. The summed E-state index contributed by atoms with van der Waals surface area (Å²) in [6.45, 7) is 9.87. The molecular weight excluding hydrogens is 216 g/mol. The van der Waals surface area contributed by atoms with Gasteiger partial charge in [-0.3, -0.25) is 0 Å². The van der Waals surface area contributed by atoms with Gasteiger partial charge in [-0.1, -0.05) is 50.0 Å². The summed E-state index contributed by atoms with van der Waals surface area (Å²) in [5.74, 6) is 0. The lowest BCUT2D eigenvalue weighted by Crippen LogP contribution is -1.86. The second-order valence-electron chi connectivity index (χ2n) is 5.07. The summed E-state index contributed by atoms with van der Waals surface area (Å²) in [6, 6.07) is 0. The van der Waals surface area contributed by atoms with Crippen LogP contribution in [0.4, 0.5) is 0 Å². The first-order valence-corrected chi connectivity index (χ1v) is 7.74. The van der Waals surface area contributed by atoms with E-state index in [1.54, 1.807) is 5.57 Å². The summed E-state index contributed by atoms with van der Waals surface area (Å²) in [5.41, 5.74) is 1.65. The monoisotopic (exact) mass is 248 g/mol. The van der Waals surface area contributed by atoms with E-state index in [0.717, 1.165) is 12.8 Å². The van der Waals surface area contributed by atoms with E-state index >= 15 is 0 Å². The molecule has 104 valence electrons. The molecule has 0 saturated heterocycles. The van der Waals surface area contributed by atoms with Crippen molar-refractivity contribution in [2.75, 3.05) is 0 Å². The largest absolute Gasteiger partial charge is 0.103 e. The van der Waals surface area contributed by atoms with Crippen molar-refractivity contribution in [2.24, 2.45) is 0 Å². The van der Waals surface area contributed by atoms with Crippen LogP contribution in [0.5, 0.6) is 0 Å². The second-order valence-corrected chi connectivity index (χ2v) is 5.07. The maximum absolute atomic E-state index is 3.82. The molecule has 0 atom stereocenters. The predicted octanol–water partition coefficient (Wildman–Crippen LogP) is 6.60. The van der Waals surface area contributed by atoms with Gasteiger partial charge in [0.25, 0.3) is 0 Å². The first kappa shape index (κ1) is 17.2. The van der Waals surface area contributed by atoms with Crippen LogP contribution in [0.1, 0.15) is 77.6 Å². The highest BCUT2D eigenvalue weighted by atomic mass is 14.0. The van der Waals surface area contributed by atoms with Gasteiger partial charge < -0.3 is 0 Å². The van der Waals surface area contributed by atoms with Gasteiger partial charge in [-0.25, -0.2) is 0 Å². The Hall–Kier alpha value is -0.780. The molecule has 0 aliphatic rings. The van der Waals surface area contributed by atoms with Gasteiger partial charge in [-0.15, -0.1) is 13.2 Å². The molecule has 0 aliphatic carbocycles. The zero-order valence-corrected chi connectivity index (χ0v) is 12.4. The highest BCUT2D eigenvalue weighted by molar-refractivity contribution is 5.03. The van der Waals surface area contributed by atoms with Gasteiger partial charge in [0, 0.05) is 0 Å². The van der Waals surface area contributed by atoms with Gasteiger partial charge >= 0.3 is 0 Å². The summed E-state index contributed by atoms with van der Waals surface area (Å²) in [5, 5.41) is 0. The van der Waals surface area contributed by atoms with Crippen molar-refractivity contribution in [2.45, 2.75) is 77.6 Å². The number of hydrogen-bond acceptors (Lipinski definition) is 0. The van der Waals surface area contributed by atoms with Crippen molar-refractivity contribution < 1.29 is 0 Å². The Morgan fingerprint density at radius 1 is 0.778 bits per heavy atom. The van der Waals surface area contributed by atoms with E-state index in [0.29, 0.717) is 0 Å². The lowest BCUT2D eigenvalue weighted by molar-refractivity contribution is 0.666. The Bertz CT molecular complexity index is 222. The van der Waals surface area contributed by atoms with E-state index in [-0.39, 0.29) is 0 Å². The van der Waals surface area contributed by atoms with Crippen LogP contribution < -0.4 is 0 Å². The molecule has 0 heteroatoms. The zero-order valence-electron chi connectivity index (χ0n) is 12.4. The quantitative estimate of drug-likeness (QED) is 0.254. The Balaban J connectivity index is 3.83.